The average Bonchev–Trinajstić information content (AvgIpc) is 2.61. The molecule has 2 aromatic rings. The van der Waals surface area contributed by atoms with Crippen molar-refractivity contribution in [3.63, 3.8) is 0 Å². The van der Waals surface area contributed by atoms with Crippen molar-refractivity contribution in [1.29, 1.82) is 0 Å². The van der Waals surface area contributed by atoms with Crippen molar-refractivity contribution in [2.75, 3.05) is 7.11 Å². The number of halogens is 2. The number of hydrogen-bond acceptors (Lipinski definition) is 3. The molecule has 24 heavy (non-hydrogen) atoms. The third-order valence-corrected chi connectivity index (χ3v) is 3.73. The van der Waals surface area contributed by atoms with Crippen molar-refractivity contribution in [1.82, 2.24) is 0 Å². The first kappa shape index (κ1) is 18.1. The fraction of sp³-hybridized carbons (Fsp3) is 0.316. The van der Waals surface area contributed by atoms with E-state index in [1.165, 1.54) is 13.2 Å². The zero-order valence-corrected chi connectivity index (χ0v) is 13.7. The van der Waals surface area contributed by atoms with Gasteiger partial charge >= 0.3 is 5.97 Å². The molecule has 0 saturated carbocycles. The third-order valence-electron chi connectivity index (χ3n) is 3.73. The van der Waals surface area contributed by atoms with Gasteiger partial charge in [-0.3, -0.25) is 0 Å². The molecule has 0 radical (unpaired) electrons. The van der Waals surface area contributed by atoms with E-state index < -0.39 is 29.8 Å². The summed E-state index contributed by atoms with van der Waals surface area (Å²) in [5, 5.41) is 0. The number of hydrogen-bond donors (Lipinski definition) is 0. The van der Waals surface area contributed by atoms with Crippen molar-refractivity contribution in [3.05, 3.63) is 71.3 Å². The van der Waals surface area contributed by atoms with Crippen LogP contribution in [0.3, 0.4) is 0 Å². The normalized spacial score (nSPS) is 13.3. The number of ether oxygens (including phenoxy) is 2. The fourth-order valence-corrected chi connectivity index (χ4v) is 2.48. The number of rotatable bonds is 7. The Kier molecular flexibility index (Phi) is 6.44. The summed E-state index contributed by atoms with van der Waals surface area (Å²) in [4.78, 5) is 12.4. The Balaban J connectivity index is 2.31. The molecule has 0 fully saturated rings. The van der Waals surface area contributed by atoms with E-state index in [0.717, 1.165) is 18.6 Å². The number of carbonyl (C=O) groups is 1. The Bertz CT molecular complexity index is 674. The van der Waals surface area contributed by atoms with Crippen LogP contribution in [0.1, 0.15) is 41.8 Å². The van der Waals surface area contributed by atoms with Crippen LogP contribution < -0.4 is 0 Å². The van der Waals surface area contributed by atoms with Crippen LogP contribution in [-0.2, 0) is 9.47 Å². The lowest BCUT2D eigenvalue weighted by atomic mass is 10.00. The molecule has 0 aromatic heterocycles. The van der Waals surface area contributed by atoms with Gasteiger partial charge in [-0.25, -0.2) is 13.6 Å². The van der Waals surface area contributed by atoms with Gasteiger partial charge in [0.25, 0.3) is 0 Å². The number of carbonyl (C=O) groups excluding carboxylic acids is 1. The summed E-state index contributed by atoms with van der Waals surface area (Å²) >= 11 is 0. The van der Waals surface area contributed by atoms with Gasteiger partial charge in [0.1, 0.15) is 0 Å². The highest BCUT2D eigenvalue weighted by molar-refractivity contribution is 5.89. The smallest absolute Gasteiger partial charge is 0.338 e. The summed E-state index contributed by atoms with van der Waals surface area (Å²) in [7, 11) is 1.50. The van der Waals surface area contributed by atoms with Crippen LogP contribution >= 0.6 is 0 Å². The van der Waals surface area contributed by atoms with Gasteiger partial charge in [0.2, 0.25) is 0 Å². The third kappa shape index (κ3) is 4.38. The van der Waals surface area contributed by atoms with Gasteiger partial charge in [-0.15, -0.1) is 0 Å². The van der Waals surface area contributed by atoms with Gasteiger partial charge in [0.05, 0.1) is 11.7 Å². The second-order valence-corrected chi connectivity index (χ2v) is 5.43. The predicted molar refractivity (Wildman–Crippen MR) is 86.7 cm³/mol. The predicted octanol–water partition coefficient (Wildman–Crippen LogP) is 4.68. The lowest BCUT2D eigenvalue weighted by molar-refractivity contribution is -0.0407. The van der Waals surface area contributed by atoms with E-state index in [9.17, 15) is 13.6 Å². The van der Waals surface area contributed by atoms with Crippen molar-refractivity contribution in [3.8, 4) is 0 Å². The zero-order valence-electron chi connectivity index (χ0n) is 13.7. The quantitative estimate of drug-likeness (QED) is 0.690. The minimum Gasteiger partial charge on any atom is -0.451 e. The van der Waals surface area contributed by atoms with E-state index in [0.29, 0.717) is 17.5 Å². The Labute approximate surface area is 140 Å². The average molecular weight is 334 g/mol. The van der Waals surface area contributed by atoms with Gasteiger partial charge < -0.3 is 9.47 Å². The largest absolute Gasteiger partial charge is 0.451 e. The molecule has 0 amide bonds. The maximum absolute atomic E-state index is 13.6. The zero-order chi connectivity index (χ0) is 17.5. The lowest BCUT2D eigenvalue weighted by Gasteiger charge is -2.26. The Morgan fingerprint density at radius 2 is 1.79 bits per heavy atom. The molecule has 2 atom stereocenters. The van der Waals surface area contributed by atoms with E-state index in [-0.39, 0.29) is 0 Å². The van der Waals surface area contributed by atoms with E-state index in [1.54, 1.807) is 30.3 Å². The van der Waals surface area contributed by atoms with Crippen molar-refractivity contribution >= 4 is 5.97 Å². The Morgan fingerprint density at radius 3 is 2.38 bits per heavy atom. The molecule has 3 nitrogen and oxygen atoms in total. The summed E-state index contributed by atoms with van der Waals surface area (Å²) < 4.78 is 37.8. The molecular formula is C19H20F2O3. The summed E-state index contributed by atoms with van der Waals surface area (Å²) in [6.07, 6.45) is 0.134. The molecule has 2 aromatic carbocycles. The Hall–Kier alpha value is -2.27. The topological polar surface area (TPSA) is 35.5 Å². The van der Waals surface area contributed by atoms with Gasteiger partial charge in [0.15, 0.2) is 17.7 Å². The lowest BCUT2D eigenvalue weighted by Crippen LogP contribution is -2.26. The molecule has 2 rings (SSSR count). The number of methoxy groups -OCH3 is 1. The molecule has 0 aliphatic carbocycles. The van der Waals surface area contributed by atoms with Crippen LogP contribution in [0.4, 0.5) is 8.78 Å². The van der Waals surface area contributed by atoms with E-state index in [4.69, 9.17) is 9.47 Å². The summed E-state index contributed by atoms with van der Waals surface area (Å²) in [5.41, 5.74) is 0.745. The molecule has 2 unspecified atom stereocenters. The molecule has 0 spiro atoms. The minimum absolute atomic E-state index is 0.360. The van der Waals surface area contributed by atoms with Crippen LogP contribution in [0, 0.1) is 11.6 Å². The minimum atomic E-state index is -0.986. The first-order valence-corrected chi connectivity index (χ1v) is 7.80. The van der Waals surface area contributed by atoms with Crippen LogP contribution in [0.25, 0.3) is 0 Å². The van der Waals surface area contributed by atoms with E-state index in [2.05, 4.69) is 0 Å². The highest BCUT2D eigenvalue weighted by atomic mass is 19.2. The first-order valence-electron chi connectivity index (χ1n) is 7.80. The second kappa shape index (κ2) is 8.55. The molecule has 0 aliphatic rings. The molecule has 0 bridgehead atoms. The highest BCUT2D eigenvalue weighted by Gasteiger charge is 2.28. The molecular weight excluding hydrogens is 314 g/mol. The van der Waals surface area contributed by atoms with Gasteiger partial charge in [-0.1, -0.05) is 37.6 Å². The van der Waals surface area contributed by atoms with Gasteiger partial charge in [-0.05, 0) is 36.2 Å². The molecule has 0 aliphatic heterocycles. The van der Waals surface area contributed by atoms with Crippen LogP contribution in [0.15, 0.2) is 48.5 Å². The van der Waals surface area contributed by atoms with Gasteiger partial charge in [0, 0.05) is 7.11 Å². The summed E-state index contributed by atoms with van der Waals surface area (Å²) in [6.45, 7) is 1.97. The maximum Gasteiger partial charge on any atom is 0.338 e. The highest BCUT2D eigenvalue weighted by Crippen LogP contribution is 2.28. The first-order chi connectivity index (χ1) is 11.6. The second-order valence-electron chi connectivity index (χ2n) is 5.43. The number of esters is 1. The standard InChI is InChI=1S/C19H20F2O3/c1-3-7-17(23-2)18(14-10-11-15(20)16(21)12-14)24-19(22)13-8-5-4-6-9-13/h4-6,8-12,17-18H,3,7H2,1-2H3. The van der Waals surface area contributed by atoms with E-state index >= 15 is 0 Å². The molecule has 5 heteroatoms. The summed E-state index contributed by atoms with van der Waals surface area (Å²) in [5.74, 6) is -2.47. The fourth-order valence-electron chi connectivity index (χ4n) is 2.48. The maximum atomic E-state index is 13.6. The van der Waals surface area contributed by atoms with Crippen LogP contribution in [-0.4, -0.2) is 19.2 Å². The molecule has 0 N–H and O–H groups in total. The SMILES string of the molecule is CCCC(OC)C(OC(=O)c1ccccc1)c1ccc(F)c(F)c1. The van der Waals surface area contributed by atoms with Crippen molar-refractivity contribution in [2.45, 2.75) is 32.0 Å². The summed E-state index contributed by atoms with van der Waals surface area (Å²) in [6, 6.07) is 12.0. The molecule has 0 saturated heterocycles. The van der Waals surface area contributed by atoms with Gasteiger partial charge in [-0.2, -0.15) is 0 Å². The molecule has 128 valence electrons. The van der Waals surface area contributed by atoms with Crippen LogP contribution in [0.5, 0.6) is 0 Å². The number of benzene rings is 2. The monoisotopic (exact) mass is 334 g/mol. The van der Waals surface area contributed by atoms with Crippen molar-refractivity contribution < 1.29 is 23.0 Å². The van der Waals surface area contributed by atoms with E-state index in [1.807, 2.05) is 6.92 Å². The Morgan fingerprint density at radius 1 is 1.08 bits per heavy atom. The van der Waals surface area contributed by atoms with Crippen molar-refractivity contribution in [2.24, 2.45) is 0 Å². The van der Waals surface area contributed by atoms with Crippen LogP contribution in [0.2, 0.25) is 0 Å². The molecule has 0 heterocycles.